The smallest absolute Gasteiger partial charge is 0.294 e. The number of hydrogen-bond donors (Lipinski definition) is 2. The number of halogens is 1. The third kappa shape index (κ3) is 5.97. The van der Waals surface area contributed by atoms with Gasteiger partial charge < -0.3 is 19.3 Å². The topological polar surface area (TPSA) is 75.1 Å². The number of quaternary nitrogens is 2. The highest BCUT2D eigenvalue weighted by Gasteiger charge is 2.29. The highest BCUT2D eigenvalue weighted by atomic mass is 35.5. The van der Waals surface area contributed by atoms with Crippen molar-refractivity contribution in [2.45, 2.75) is 12.6 Å². The lowest BCUT2D eigenvalue weighted by Gasteiger charge is -2.28. The zero-order valence-corrected chi connectivity index (χ0v) is 20.5. The molecule has 0 radical (unpaired) electrons. The second-order valence-corrected chi connectivity index (χ2v) is 9.62. The predicted molar refractivity (Wildman–Crippen MR) is 133 cm³/mol. The highest BCUT2D eigenvalue weighted by molar-refractivity contribution is 6.30. The van der Waals surface area contributed by atoms with Crippen LogP contribution in [0.3, 0.4) is 0 Å². The summed E-state index contributed by atoms with van der Waals surface area (Å²) in [7, 11) is 0. The molecule has 2 aromatic carbocycles. The zero-order chi connectivity index (χ0) is 24.0. The molecule has 9 heteroatoms. The molecule has 8 nitrogen and oxygen atoms in total. The minimum atomic E-state index is -0.177. The molecule has 5 rings (SSSR count). The summed E-state index contributed by atoms with van der Waals surface area (Å²) >= 11 is 6.20. The molecule has 2 N–H and O–H groups in total. The van der Waals surface area contributed by atoms with Crippen LogP contribution in [0.4, 0.5) is 0 Å². The molecule has 35 heavy (non-hydrogen) atoms. The molecule has 3 heterocycles. The largest absolute Gasteiger partial charge is 0.370 e. The lowest BCUT2D eigenvalue weighted by molar-refractivity contribution is -0.931. The van der Waals surface area contributed by atoms with Gasteiger partial charge in [-0.05, 0) is 17.7 Å². The van der Waals surface area contributed by atoms with Crippen LogP contribution in [0.5, 0.6) is 0 Å². The second-order valence-electron chi connectivity index (χ2n) is 9.18. The van der Waals surface area contributed by atoms with E-state index in [0.29, 0.717) is 36.4 Å². The van der Waals surface area contributed by atoms with Crippen molar-refractivity contribution in [2.75, 3.05) is 59.2 Å². The molecule has 0 unspecified atom stereocenters. The number of aromatic nitrogens is 3. The van der Waals surface area contributed by atoms with E-state index in [1.165, 1.54) is 9.80 Å². The minimum absolute atomic E-state index is 0.128. The Morgan fingerprint density at radius 2 is 1.51 bits per heavy atom. The number of rotatable bonds is 7. The highest BCUT2D eigenvalue weighted by Crippen LogP contribution is 2.23. The van der Waals surface area contributed by atoms with Gasteiger partial charge in [-0.25, -0.2) is 4.98 Å². The number of ether oxygens (including phenoxy) is 2. The van der Waals surface area contributed by atoms with E-state index in [-0.39, 0.29) is 11.5 Å². The molecule has 0 bridgehead atoms. The summed E-state index contributed by atoms with van der Waals surface area (Å²) < 4.78 is 12.7. The lowest BCUT2D eigenvalue weighted by Crippen LogP contribution is -3.14. The first-order valence-corrected chi connectivity index (χ1v) is 12.7. The van der Waals surface area contributed by atoms with Gasteiger partial charge in [0, 0.05) is 10.6 Å². The van der Waals surface area contributed by atoms with E-state index >= 15 is 0 Å². The molecule has 1 atom stereocenters. The summed E-state index contributed by atoms with van der Waals surface area (Å²) in [5.74, 6) is 0.396. The Morgan fingerprint density at radius 1 is 0.886 bits per heavy atom. The van der Waals surface area contributed by atoms with Crippen LogP contribution in [0.15, 0.2) is 59.4 Å². The molecule has 0 spiro atoms. The number of hydrogen-bond acceptors (Lipinski definition) is 5. The number of morpholine rings is 2. The van der Waals surface area contributed by atoms with Crippen LogP contribution in [0.1, 0.15) is 17.2 Å². The van der Waals surface area contributed by atoms with Crippen LogP contribution >= 0.6 is 11.6 Å². The van der Waals surface area contributed by atoms with Crippen molar-refractivity contribution in [2.24, 2.45) is 0 Å². The van der Waals surface area contributed by atoms with Gasteiger partial charge in [0.25, 0.3) is 5.56 Å². The fourth-order valence-electron chi connectivity index (χ4n) is 4.77. The van der Waals surface area contributed by atoms with Crippen LogP contribution in [0, 0.1) is 0 Å². The average molecular weight is 498 g/mol. The summed E-state index contributed by atoms with van der Waals surface area (Å²) in [6.07, 6.45) is 0. The monoisotopic (exact) mass is 497 g/mol. The maximum Gasteiger partial charge on any atom is 0.294 e. The Labute approximate surface area is 210 Å². The molecule has 0 saturated carbocycles. The van der Waals surface area contributed by atoms with E-state index in [1.54, 1.807) is 4.68 Å². The first kappa shape index (κ1) is 24.1. The van der Waals surface area contributed by atoms with Crippen LogP contribution in [-0.4, -0.2) is 73.9 Å². The fourth-order valence-corrected chi connectivity index (χ4v) is 4.90. The van der Waals surface area contributed by atoms with Crippen LogP contribution < -0.4 is 15.4 Å². The maximum absolute atomic E-state index is 13.9. The predicted octanol–water partition coefficient (Wildman–Crippen LogP) is -0.122. The number of nitrogens with one attached hydrogen (secondary N) is 2. The standard InChI is InChI=1S/C26H30ClN5O3/c27-22-8-6-20(7-9-22)23(18-30-10-14-34-15-11-30)24-26(33)32(19-31-12-16-35-17-13-31)29-25(28-24)21-4-2-1-3-5-21/h1-9,23H,10-19H2/p+2/t23-/m0/s1. The lowest BCUT2D eigenvalue weighted by atomic mass is 9.94. The Morgan fingerprint density at radius 3 is 2.17 bits per heavy atom. The van der Waals surface area contributed by atoms with Crippen LogP contribution in [0.2, 0.25) is 5.02 Å². The third-order valence-electron chi connectivity index (χ3n) is 6.80. The van der Waals surface area contributed by atoms with Crippen molar-refractivity contribution in [3.05, 3.63) is 81.2 Å². The van der Waals surface area contributed by atoms with E-state index in [9.17, 15) is 4.79 Å². The van der Waals surface area contributed by atoms with Gasteiger partial charge >= 0.3 is 0 Å². The molecule has 1 aromatic heterocycles. The van der Waals surface area contributed by atoms with Gasteiger partial charge in [-0.2, -0.15) is 4.68 Å². The van der Waals surface area contributed by atoms with Gasteiger partial charge in [0.1, 0.15) is 31.9 Å². The third-order valence-corrected chi connectivity index (χ3v) is 7.05. The van der Waals surface area contributed by atoms with Gasteiger partial charge in [0.15, 0.2) is 12.5 Å². The first-order valence-electron chi connectivity index (χ1n) is 12.3. The average Bonchev–Trinajstić information content (AvgIpc) is 2.91. The fraction of sp³-hybridized carbons (Fsp3) is 0.423. The summed E-state index contributed by atoms with van der Waals surface area (Å²) in [6.45, 7) is 7.63. The van der Waals surface area contributed by atoms with Gasteiger partial charge in [-0.15, -0.1) is 5.10 Å². The van der Waals surface area contributed by atoms with Crippen LogP contribution in [-0.2, 0) is 16.1 Å². The molecule has 0 amide bonds. The van der Waals surface area contributed by atoms with E-state index in [2.05, 4.69) is 0 Å². The van der Waals surface area contributed by atoms with E-state index in [1.807, 2.05) is 54.6 Å². The Kier molecular flexibility index (Phi) is 7.85. The van der Waals surface area contributed by atoms with Crippen molar-refractivity contribution in [1.29, 1.82) is 0 Å². The minimum Gasteiger partial charge on any atom is -0.370 e. The van der Waals surface area contributed by atoms with Gasteiger partial charge in [-0.3, -0.25) is 4.79 Å². The first-order chi connectivity index (χ1) is 17.2. The Bertz CT molecular complexity index is 1160. The second kappa shape index (κ2) is 11.4. The molecular formula is C26H32ClN5O3+2. The normalized spacial score (nSPS) is 18.4. The molecule has 2 aliphatic heterocycles. The van der Waals surface area contributed by atoms with Gasteiger partial charge in [-0.1, -0.05) is 54.1 Å². The zero-order valence-electron chi connectivity index (χ0n) is 19.8. The van der Waals surface area contributed by atoms with E-state index in [0.717, 1.165) is 57.1 Å². The summed E-state index contributed by atoms with van der Waals surface area (Å²) in [6, 6.07) is 17.7. The molecule has 0 aliphatic carbocycles. The number of benzene rings is 2. The number of nitrogens with zero attached hydrogens (tertiary/aromatic N) is 3. The summed E-state index contributed by atoms with van der Waals surface area (Å²) in [4.78, 5) is 21.5. The van der Waals surface area contributed by atoms with Crippen molar-refractivity contribution in [3.8, 4) is 11.4 Å². The quantitative estimate of drug-likeness (QED) is 0.476. The van der Waals surface area contributed by atoms with Crippen molar-refractivity contribution < 1.29 is 19.3 Å². The van der Waals surface area contributed by atoms with Crippen molar-refractivity contribution >= 4 is 11.6 Å². The van der Waals surface area contributed by atoms with Crippen molar-refractivity contribution in [1.82, 2.24) is 14.8 Å². The van der Waals surface area contributed by atoms with E-state index in [4.69, 9.17) is 31.2 Å². The molecule has 2 saturated heterocycles. The van der Waals surface area contributed by atoms with Crippen molar-refractivity contribution in [3.63, 3.8) is 0 Å². The summed E-state index contributed by atoms with van der Waals surface area (Å²) in [5.41, 5.74) is 2.34. The SMILES string of the molecule is O=c1c([C@@H](C[NH+]2CCOCC2)c2ccc(Cl)cc2)nc(-c2ccccc2)nn1C[NH+]1CCOCC1. The van der Waals surface area contributed by atoms with Gasteiger partial charge in [0.2, 0.25) is 0 Å². The molecular weight excluding hydrogens is 466 g/mol. The molecule has 2 fully saturated rings. The maximum atomic E-state index is 13.9. The van der Waals surface area contributed by atoms with Crippen LogP contribution in [0.25, 0.3) is 11.4 Å². The summed E-state index contributed by atoms with van der Waals surface area (Å²) in [5, 5.41) is 5.39. The molecule has 3 aromatic rings. The Balaban J connectivity index is 1.59. The Hall–Kier alpha value is -2.62. The molecule has 184 valence electrons. The van der Waals surface area contributed by atoms with E-state index < -0.39 is 0 Å². The molecule has 2 aliphatic rings. The van der Waals surface area contributed by atoms with Gasteiger partial charge in [0.05, 0.1) is 38.9 Å².